The number of hydrogen-bond donors (Lipinski definition) is 0. The Morgan fingerprint density at radius 3 is 2.50 bits per heavy atom. The molecule has 0 amide bonds. The Morgan fingerprint density at radius 2 is 2.05 bits per heavy atom. The second-order valence-corrected chi connectivity index (χ2v) is 6.44. The molecule has 0 fully saturated rings. The molecule has 0 aliphatic carbocycles. The Morgan fingerprint density at radius 1 is 1.40 bits per heavy atom. The second-order valence-electron chi connectivity index (χ2n) is 4.49. The Bertz CT molecular complexity index is 651. The lowest BCUT2D eigenvalue weighted by atomic mass is 10.0. The topological polar surface area (TPSA) is 60.4 Å². The highest BCUT2D eigenvalue weighted by Crippen LogP contribution is 2.26. The summed E-state index contributed by atoms with van der Waals surface area (Å²) in [5, 5.41) is 0. The molecule has 1 aromatic rings. The summed E-state index contributed by atoms with van der Waals surface area (Å²) >= 11 is 0. The number of hydrogen-bond acceptors (Lipinski definition) is 4. The van der Waals surface area contributed by atoms with E-state index in [9.17, 15) is 13.2 Å². The van der Waals surface area contributed by atoms with Crippen molar-refractivity contribution in [3.8, 4) is 12.3 Å². The molecule has 0 aliphatic heterocycles. The number of unbranched alkanes of at least 4 members (excludes halogenated alkanes) is 1. The monoisotopic (exact) mass is 294 g/mol. The van der Waals surface area contributed by atoms with Crippen molar-refractivity contribution in [2.24, 2.45) is 0 Å². The van der Waals surface area contributed by atoms with Crippen LogP contribution < -0.4 is 0 Å². The summed E-state index contributed by atoms with van der Waals surface area (Å²) < 4.78 is 28.7. The van der Waals surface area contributed by atoms with E-state index in [0.29, 0.717) is 12.0 Å². The van der Waals surface area contributed by atoms with Crippen molar-refractivity contribution in [3.63, 3.8) is 0 Å². The van der Waals surface area contributed by atoms with Crippen LogP contribution >= 0.6 is 0 Å². The summed E-state index contributed by atoms with van der Waals surface area (Å²) in [5.74, 6) is 1.69. The SMILES string of the molecule is C#Cc1c(C(=O)OC)ccc(CCCC)c1S(C)(=O)=O. The Labute approximate surface area is 120 Å². The maximum absolute atomic E-state index is 12.0. The molecule has 0 unspecified atom stereocenters. The lowest BCUT2D eigenvalue weighted by Gasteiger charge is -2.13. The average molecular weight is 294 g/mol. The third-order valence-electron chi connectivity index (χ3n) is 2.96. The van der Waals surface area contributed by atoms with Crippen LogP contribution in [0.5, 0.6) is 0 Å². The van der Waals surface area contributed by atoms with E-state index in [0.717, 1.165) is 19.1 Å². The summed E-state index contributed by atoms with van der Waals surface area (Å²) in [5.41, 5.74) is 0.846. The van der Waals surface area contributed by atoms with E-state index in [-0.39, 0.29) is 16.0 Å². The van der Waals surface area contributed by atoms with E-state index in [1.165, 1.54) is 13.2 Å². The standard InChI is InChI=1S/C15H18O4S/c1-5-7-8-11-9-10-13(15(16)19-3)12(6-2)14(11)20(4,17)18/h2,9-10H,5,7-8H2,1,3-4H3. The molecule has 0 saturated heterocycles. The van der Waals surface area contributed by atoms with Crippen molar-refractivity contribution in [1.29, 1.82) is 0 Å². The molecule has 20 heavy (non-hydrogen) atoms. The van der Waals surface area contributed by atoms with Gasteiger partial charge in [-0.2, -0.15) is 0 Å². The third kappa shape index (κ3) is 3.40. The number of methoxy groups -OCH3 is 1. The normalized spacial score (nSPS) is 10.9. The van der Waals surface area contributed by atoms with E-state index in [1.807, 2.05) is 6.92 Å². The van der Waals surface area contributed by atoms with Crippen molar-refractivity contribution in [1.82, 2.24) is 0 Å². The van der Waals surface area contributed by atoms with Gasteiger partial charge < -0.3 is 4.74 Å². The highest BCUT2D eigenvalue weighted by atomic mass is 32.2. The van der Waals surface area contributed by atoms with Gasteiger partial charge in [-0.15, -0.1) is 6.42 Å². The van der Waals surface area contributed by atoms with Crippen LogP contribution in [-0.4, -0.2) is 27.8 Å². The van der Waals surface area contributed by atoms with E-state index < -0.39 is 15.8 Å². The van der Waals surface area contributed by atoms with Crippen LogP contribution in [-0.2, 0) is 21.0 Å². The largest absolute Gasteiger partial charge is 0.465 e. The number of esters is 1. The van der Waals surface area contributed by atoms with E-state index >= 15 is 0 Å². The number of terminal acetylenes is 1. The lowest BCUT2D eigenvalue weighted by molar-refractivity contribution is 0.0600. The first kappa shape index (κ1) is 16.3. The van der Waals surface area contributed by atoms with Crippen molar-refractivity contribution < 1.29 is 17.9 Å². The number of ether oxygens (including phenoxy) is 1. The van der Waals surface area contributed by atoms with Gasteiger partial charge in [0.2, 0.25) is 0 Å². The number of rotatable bonds is 5. The smallest absolute Gasteiger partial charge is 0.339 e. The van der Waals surface area contributed by atoms with Gasteiger partial charge in [-0.1, -0.05) is 25.3 Å². The molecular weight excluding hydrogens is 276 g/mol. The number of aryl methyl sites for hydroxylation is 1. The molecule has 0 spiro atoms. The van der Waals surface area contributed by atoms with E-state index in [2.05, 4.69) is 10.7 Å². The van der Waals surface area contributed by atoms with Crippen LogP contribution in [0.3, 0.4) is 0 Å². The molecule has 1 aromatic carbocycles. The molecule has 0 N–H and O–H groups in total. The molecule has 0 saturated carbocycles. The quantitative estimate of drug-likeness (QED) is 0.617. The maximum atomic E-state index is 12.0. The maximum Gasteiger partial charge on any atom is 0.339 e. The zero-order valence-electron chi connectivity index (χ0n) is 11.9. The molecular formula is C15H18O4S. The Hall–Kier alpha value is -1.80. The van der Waals surface area contributed by atoms with E-state index in [4.69, 9.17) is 6.42 Å². The molecule has 1 rings (SSSR count). The molecule has 108 valence electrons. The fourth-order valence-corrected chi connectivity index (χ4v) is 3.22. The first-order valence-corrected chi connectivity index (χ1v) is 8.16. The summed E-state index contributed by atoms with van der Waals surface area (Å²) in [6.45, 7) is 2.02. The molecule has 0 radical (unpaired) electrons. The Balaban J connectivity index is 3.61. The zero-order chi connectivity index (χ0) is 15.3. The van der Waals surface area contributed by atoms with Gasteiger partial charge in [0.15, 0.2) is 9.84 Å². The van der Waals surface area contributed by atoms with Crippen LogP contribution in [0.25, 0.3) is 0 Å². The average Bonchev–Trinajstić information content (AvgIpc) is 2.41. The molecule has 0 bridgehead atoms. The van der Waals surface area contributed by atoms with Crippen molar-refractivity contribution in [3.05, 3.63) is 28.8 Å². The molecule has 5 heteroatoms. The number of carbonyl (C=O) groups excluding carboxylic acids is 1. The number of benzene rings is 1. The zero-order valence-corrected chi connectivity index (χ0v) is 12.7. The predicted octanol–water partition coefficient (Wildman–Crippen LogP) is 2.20. The van der Waals surface area contributed by atoms with Crippen LogP contribution in [0.4, 0.5) is 0 Å². The van der Waals surface area contributed by atoms with Gasteiger partial charge in [-0.25, -0.2) is 13.2 Å². The molecule has 0 heterocycles. The second kappa shape index (κ2) is 6.58. The summed E-state index contributed by atoms with van der Waals surface area (Å²) in [6, 6.07) is 3.17. The van der Waals surface area contributed by atoms with Crippen molar-refractivity contribution in [2.75, 3.05) is 13.4 Å². The van der Waals surface area contributed by atoms with Gasteiger partial charge in [0.25, 0.3) is 0 Å². The van der Waals surface area contributed by atoms with Crippen molar-refractivity contribution >= 4 is 15.8 Å². The number of sulfone groups is 1. The van der Waals surface area contributed by atoms with Crippen molar-refractivity contribution in [2.45, 2.75) is 31.1 Å². The third-order valence-corrected chi connectivity index (χ3v) is 4.17. The highest BCUT2D eigenvalue weighted by Gasteiger charge is 2.23. The van der Waals surface area contributed by atoms with Crippen LogP contribution in [0, 0.1) is 12.3 Å². The van der Waals surface area contributed by atoms with Crippen LogP contribution in [0.1, 0.15) is 41.3 Å². The Kier molecular flexibility index (Phi) is 5.34. The van der Waals surface area contributed by atoms with Crippen LogP contribution in [0.15, 0.2) is 17.0 Å². The van der Waals surface area contributed by atoms with Crippen LogP contribution in [0.2, 0.25) is 0 Å². The summed E-state index contributed by atoms with van der Waals surface area (Å²) in [4.78, 5) is 11.8. The predicted molar refractivity (Wildman–Crippen MR) is 77.4 cm³/mol. The first-order valence-electron chi connectivity index (χ1n) is 6.27. The van der Waals surface area contributed by atoms with Gasteiger partial charge >= 0.3 is 5.97 Å². The lowest BCUT2D eigenvalue weighted by Crippen LogP contribution is -2.12. The van der Waals surface area contributed by atoms with Gasteiger partial charge in [0.05, 0.1) is 23.1 Å². The minimum absolute atomic E-state index is 0.0661. The summed E-state index contributed by atoms with van der Waals surface area (Å²) in [6.07, 6.45) is 8.91. The minimum atomic E-state index is -3.52. The van der Waals surface area contributed by atoms with Gasteiger partial charge in [-0.3, -0.25) is 0 Å². The fourth-order valence-electron chi connectivity index (χ4n) is 2.04. The van der Waals surface area contributed by atoms with Gasteiger partial charge in [0.1, 0.15) is 0 Å². The fraction of sp³-hybridized carbons (Fsp3) is 0.400. The summed E-state index contributed by atoms with van der Waals surface area (Å²) in [7, 11) is -2.29. The molecule has 0 atom stereocenters. The van der Waals surface area contributed by atoms with E-state index in [1.54, 1.807) is 6.07 Å². The number of carbonyl (C=O) groups is 1. The molecule has 0 aliphatic rings. The first-order chi connectivity index (χ1) is 9.36. The molecule has 0 aromatic heterocycles. The molecule has 4 nitrogen and oxygen atoms in total. The minimum Gasteiger partial charge on any atom is -0.465 e. The van der Waals surface area contributed by atoms with Gasteiger partial charge in [-0.05, 0) is 24.5 Å². The highest BCUT2D eigenvalue weighted by molar-refractivity contribution is 7.90. The van der Waals surface area contributed by atoms with Gasteiger partial charge in [0, 0.05) is 6.26 Å².